The molecule has 0 radical (unpaired) electrons. The summed E-state index contributed by atoms with van der Waals surface area (Å²) < 4.78 is 0. The van der Waals surface area contributed by atoms with Crippen molar-refractivity contribution in [3.05, 3.63) is 29.8 Å². The summed E-state index contributed by atoms with van der Waals surface area (Å²) in [4.78, 5) is 43.5. The number of benzene rings is 1. The maximum absolute atomic E-state index is 13.4. The standard InChI is InChI=1S/C19H23N3O3/c1-18-10-6-7-11-22(18)14-9-5-4-8-13(14)12-19(18)15(23)20(2)17(25)21(3)16(19)24/h4-5,8-9H,6-7,10-12H2,1-3H3/t18-/m0/s1. The number of barbiturate groups is 1. The van der Waals surface area contributed by atoms with Crippen molar-refractivity contribution in [1.82, 2.24) is 9.80 Å². The molecule has 132 valence electrons. The third-order valence-corrected chi connectivity index (χ3v) is 6.46. The lowest BCUT2D eigenvalue weighted by Crippen LogP contribution is -2.76. The molecule has 1 spiro atoms. The van der Waals surface area contributed by atoms with Gasteiger partial charge in [0.25, 0.3) is 0 Å². The van der Waals surface area contributed by atoms with Gasteiger partial charge in [0.05, 0.1) is 5.54 Å². The lowest BCUT2D eigenvalue weighted by molar-refractivity contribution is -0.163. The van der Waals surface area contributed by atoms with Crippen molar-refractivity contribution < 1.29 is 14.4 Å². The van der Waals surface area contributed by atoms with Crippen LogP contribution in [0.3, 0.4) is 0 Å². The highest BCUT2D eigenvalue weighted by molar-refractivity contribution is 6.20. The van der Waals surface area contributed by atoms with Crippen LogP contribution in [0.2, 0.25) is 0 Å². The number of hydrogen-bond donors (Lipinski definition) is 0. The molecule has 1 aromatic rings. The monoisotopic (exact) mass is 341 g/mol. The van der Waals surface area contributed by atoms with Gasteiger partial charge in [0.2, 0.25) is 11.8 Å². The molecule has 6 heteroatoms. The minimum Gasteiger partial charge on any atom is -0.364 e. The highest BCUT2D eigenvalue weighted by Crippen LogP contribution is 2.54. The van der Waals surface area contributed by atoms with Gasteiger partial charge in [-0.25, -0.2) is 4.79 Å². The number of para-hydroxylation sites is 1. The smallest absolute Gasteiger partial charge is 0.332 e. The molecule has 0 aromatic heterocycles. The molecule has 0 bridgehead atoms. The molecule has 6 nitrogen and oxygen atoms in total. The minimum absolute atomic E-state index is 0.343. The zero-order valence-corrected chi connectivity index (χ0v) is 14.9. The van der Waals surface area contributed by atoms with Gasteiger partial charge < -0.3 is 4.90 Å². The largest absolute Gasteiger partial charge is 0.364 e. The summed E-state index contributed by atoms with van der Waals surface area (Å²) in [6.45, 7) is 2.84. The van der Waals surface area contributed by atoms with Crippen LogP contribution in [0.4, 0.5) is 10.5 Å². The van der Waals surface area contributed by atoms with E-state index in [1.807, 2.05) is 25.1 Å². The summed E-state index contributed by atoms with van der Waals surface area (Å²) in [7, 11) is 2.96. The van der Waals surface area contributed by atoms with E-state index in [9.17, 15) is 14.4 Å². The van der Waals surface area contributed by atoms with Crippen molar-refractivity contribution in [2.24, 2.45) is 5.41 Å². The molecule has 1 atom stereocenters. The van der Waals surface area contributed by atoms with E-state index in [1.165, 1.54) is 14.1 Å². The maximum Gasteiger partial charge on any atom is 0.332 e. The summed E-state index contributed by atoms with van der Waals surface area (Å²) in [5, 5.41) is 0. The maximum atomic E-state index is 13.4. The second kappa shape index (κ2) is 5.07. The molecular weight excluding hydrogens is 318 g/mol. The predicted molar refractivity (Wildman–Crippen MR) is 93.1 cm³/mol. The first-order chi connectivity index (χ1) is 11.8. The van der Waals surface area contributed by atoms with E-state index in [0.717, 1.165) is 46.9 Å². The zero-order valence-electron chi connectivity index (χ0n) is 14.9. The number of piperidine rings is 1. The number of hydrogen-bond acceptors (Lipinski definition) is 4. The van der Waals surface area contributed by atoms with Crippen LogP contribution in [0.15, 0.2) is 24.3 Å². The summed E-state index contributed by atoms with van der Waals surface area (Å²) in [6.07, 6.45) is 3.11. The van der Waals surface area contributed by atoms with Crippen LogP contribution in [-0.2, 0) is 16.0 Å². The number of carbonyl (C=O) groups is 3. The molecule has 3 heterocycles. The van der Waals surface area contributed by atoms with Gasteiger partial charge in [-0.15, -0.1) is 0 Å². The number of carbonyl (C=O) groups excluding carboxylic acids is 3. The number of nitrogens with zero attached hydrogens (tertiary/aromatic N) is 3. The topological polar surface area (TPSA) is 60.9 Å². The Bertz CT molecular complexity index is 766. The Morgan fingerprint density at radius 2 is 1.60 bits per heavy atom. The minimum atomic E-state index is -1.25. The van der Waals surface area contributed by atoms with Gasteiger partial charge in [-0.1, -0.05) is 18.2 Å². The summed E-state index contributed by atoms with van der Waals surface area (Å²) in [5.41, 5.74) is 0.230. The number of amides is 4. The van der Waals surface area contributed by atoms with Gasteiger partial charge in [0.15, 0.2) is 5.41 Å². The number of imide groups is 2. The zero-order chi connectivity index (χ0) is 18.0. The average molecular weight is 341 g/mol. The molecule has 0 N–H and O–H groups in total. The van der Waals surface area contributed by atoms with Crippen molar-refractivity contribution in [3.8, 4) is 0 Å². The molecule has 0 unspecified atom stereocenters. The number of rotatable bonds is 0. The Balaban J connectivity index is 1.98. The highest BCUT2D eigenvalue weighted by atomic mass is 16.2. The SMILES string of the molecule is CN1C(=O)N(C)C(=O)C2(Cc3ccccc3N3CCCC[C@]32C)C1=O. The van der Waals surface area contributed by atoms with Gasteiger partial charge in [-0.3, -0.25) is 19.4 Å². The van der Waals surface area contributed by atoms with E-state index in [1.54, 1.807) is 0 Å². The first kappa shape index (κ1) is 16.1. The van der Waals surface area contributed by atoms with Gasteiger partial charge >= 0.3 is 6.03 Å². The molecule has 1 aromatic carbocycles. The van der Waals surface area contributed by atoms with Crippen molar-refractivity contribution in [2.45, 2.75) is 38.1 Å². The summed E-state index contributed by atoms with van der Waals surface area (Å²) >= 11 is 0. The van der Waals surface area contributed by atoms with Gasteiger partial charge in [0, 0.05) is 32.7 Å². The molecule has 0 saturated carbocycles. The van der Waals surface area contributed by atoms with E-state index in [0.29, 0.717) is 6.42 Å². The highest BCUT2D eigenvalue weighted by Gasteiger charge is 2.68. The third-order valence-electron chi connectivity index (χ3n) is 6.46. The number of anilines is 1. The fourth-order valence-corrected chi connectivity index (χ4v) is 5.03. The van der Waals surface area contributed by atoms with E-state index < -0.39 is 17.0 Å². The molecule has 0 aliphatic carbocycles. The van der Waals surface area contributed by atoms with Crippen LogP contribution in [0, 0.1) is 5.41 Å². The van der Waals surface area contributed by atoms with E-state index in [4.69, 9.17) is 0 Å². The Labute approximate surface area is 147 Å². The van der Waals surface area contributed by atoms with E-state index in [2.05, 4.69) is 11.0 Å². The van der Waals surface area contributed by atoms with E-state index >= 15 is 0 Å². The predicted octanol–water partition coefficient (Wildman–Crippen LogP) is 2.03. The molecule has 2 fully saturated rings. The Hall–Kier alpha value is -2.37. The summed E-state index contributed by atoms with van der Waals surface area (Å²) in [5.74, 6) is -0.742. The average Bonchev–Trinajstić information content (AvgIpc) is 2.63. The van der Waals surface area contributed by atoms with Gasteiger partial charge in [-0.05, 0) is 37.8 Å². The molecule has 2 saturated heterocycles. The lowest BCUT2D eigenvalue weighted by Gasteiger charge is -2.61. The second-order valence-corrected chi connectivity index (χ2v) is 7.60. The third kappa shape index (κ3) is 1.77. The van der Waals surface area contributed by atoms with Crippen LogP contribution in [-0.4, -0.2) is 53.8 Å². The van der Waals surface area contributed by atoms with Crippen LogP contribution < -0.4 is 4.90 Å². The lowest BCUT2D eigenvalue weighted by atomic mass is 9.58. The molecule has 3 aliphatic heterocycles. The molecule has 4 amide bonds. The molecule has 25 heavy (non-hydrogen) atoms. The van der Waals surface area contributed by atoms with Crippen LogP contribution in [0.5, 0.6) is 0 Å². The first-order valence-corrected chi connectivity index (χ1v) is 8.80. The van der Waals surface area contributed by atoms with Gasteiger partial charge in [0.1, 0.15) is 0 Å². The van der Waals surface area contributed by atoms with Gasteiger partial charge in [-0.2, -0.15) is 0 Å². The molecule has 4 rings (SSSR count). The molecular formula is C19H23N3O3. The van der Waals surface area contributed by atoms with Crippen LogP contribution in [0.25, 0.3) is 0 Å². The first-order valence-electron chi connectivity index (χ1n) is 8.80. The van der Waals surface area contributed by atoms with Crippen molar-refractivity contribution >= 4 is 23.5 Å². The second-order valence-electron chi connectivity index (χ2n) is 7.60. The quantitative estimate of drug-likeness (QED) is 0.678. The fraction of sp³-hybridized carbons (Fsp3) is 0.526. The fourth-order valence-electron chi connectivity index (χ4n) is 5.03. The Kier molecular flexibility index (Phi) is 3.27. The van der Waals surface area contributed by atoms with Crippen molar-refractivity contribution in [1.29, 1.82) is 0 Å². The Morgan fingerprint density at radius 3 is 2.28 bits per heavy atom. The summed E-state index contributed by atoms with van der Waals surface area (Å²) in [6, 6.07) is 7.45. The van der Waals surface area contributed by atoms with Crippen molar-refractivity contribution in [3.63, 3.8) is 0 Å². The van der Waals surface area contributed by atoms with Crippen molar-refractivity contribution in [2.75, 3.05) is 25.5 Å². The molecule has 3 aliphatic rings. The van der Waals surface area contributed by atoms with E-state index in [-0.39, 0.29) is 11.8 Å². The number of fused-ring (bicyclic) bond motifs is 4. The Morgan fingerprint density at radius 1 is 0.960 bits per heavy atom. The number of urea groups is 1. The normalized spacial score (nSPS) is 28.3. The van der Waals surface area contributed by atoms with Crippen LogP contribution >= 0.6 is 0 Å². The van der Waals surface area contributed by atoms with Crippen LogP contribution in [0.1, 0.15) is 31.7 Å².